The smallest absolute Gasteiger partial charge is 0.408 e. The largest absolute Gasteiger partial charge is 0.418 e. The maximum absolute atomic E-state index is 13.7. The molecule has 0 bridgehead atoms. The van der Waals surface area contributed by atoms with Crippen LogP contribution >= 0.6 is 7.60 Å². The molecular weight excluding hydrogens is 254 g/mol. The van der Waals surface area contributed by atoms with E-state index in [2.05, 4.69) is 0 Å². The van der Waals surface area contributed by atoms with Crippen molar-refractivity contribution < 1.29 is 18.4 Å². The third-order valence-electron chi connectivity index (χ3n) is 2.46. The summed E-state index contributed by atoms with van der Waals surface area (Å²) in [5, 5.41) is 0.130. The van der Waals surface area contributed by atoms with Crippen molar-refractivity contribution in [2.24, 2.45) is 0 Å². The molecule has 2 rings (SSSR count). The van der Waals surface area contributed by atoms with Crippen molar-refractivity contribution in [3.8, 4) is 5.75 Å². The molecular formula is C13H12FO3P. The summed E-state index contributed by atoms with van der Waals surface area (Å²) >= 11 is 0. The molecule has 94 valence electrons. The maximum atomic E-state index is 13.7. The summed E-state index contributed by atoms with van der Waals surface area (Å²) < 4.78 is 30.6. The SMILES string of the molecule is Cc1cccc(OP(=O)(O)c2ccccc2)c1F. The minimum absolute atomic E-state index is 0.130. The van der Waals surface area contributed by atoms with E-state index in [9.17, 15) is 13.8 Å². The number of benzene rings is 2. The fraction of sp³-hybridized carbons (Fsp3) is 0.0769. The summed E-state index contributed by atoms with van der Waals surface area (Å²) in [5.74, 6) is -0.840. The average molecular weight is 266 g/mol. The van der Waals surface area contributed by atoms with Crippen molar-refractivity contribution in [2.45, 2.75) is 6.92 Å². The molecule has 0 aliphatic carbocycles. The Morgan fingerprint density at radius 1 is 1.11 bits per heavy atom. The Bertz CT molecular complexity index is 598. The van der Waals surface area contributed by atoms with Crippen molar-refractivity contribution in [2.75, 3.05) is 0 Å². The summed E-state index contributed by atoms with van der Waals surface area (Å²) in [7, 11) is -4.05. The quantitative estimate of drug-likeness (QED) is 0.868. The van der Waals surface area contributed by atoms with Crippen LogP contribution in [-0.4, -0.2) is 4.89 Å². The summed E-state index contributed by atoms with van der Waals surface area (Å²) in [6.07, 6.45) is 0. The van der Waals surface area contributed by atoms with Gasteiger partial charge in [0.25, 0.3) is 0 Å². The highest BCUT2D eigenvalue weighted by Gasteiger charge is 2.25. The van der Waals surface area contributed by atoms with Gasteiger partial charge in [0.05, 0.1) is 5.30 Å². The van der Waals surface area contributed by atoms with Gasteiger partial charge in [-0.1, -0.05) is 30.3 Å². The minimum Gasteiger partial charge on any atom is -0.418 e. The zero-order chi connectivity index (χ0) is 13.2. The lowest BCUT2D eigenvalue weighted by molar-refractivity contribution is 0.382. The second kappa shape index (κ2) is 4.92. The van der Waals surface area contributed by atoms with E-state index in [0.717, 1.165) is 0 Å². The number of hydrogen-bond acceptors (Lipinski definition) is 2. The van der Waals surface area contributed by atoms with E-state index in [4.69, 9.17) is 4.52 Å². The molecule has 3 nitrogen and oxygen atoms in total. The summed E-state index contributed by atoms with van der Waals surface area (Å²) in [4.78, 5) is 9.82. The molecule has 1 atom stereocenters. The molecule has 1 N–H and O–H groups in total. The molecule has 0 amide bonds. The van der Waals surface area contributed by atoms with Gasteiger partial charge in [0.2, 0.25) is 0 Å². The molecule has 5 heteroatoms. The zero-order valence-corrected chi connectivity index (χ0v) is 10.6. The number of hydrogen-bond donors (Lipinski definition) is 1. The molecule has 0 aliphatic rings. The number of halogens is 1. The third-order valence-corrected chi connectivity index (χ3v) is 3.86. The van der Waals surface area contributed by atoms with Gasteiger partial charge in [-0.15, -0.1) is 0 Å². The Morgan fingerprint density at radius 2 is 1.78 bits per heavy atom. The van der Waals surface area contributed by atoms with Gasteiger partial charge in [-0.2, -0.15) is 0 Å². The van der Waals surface area contributed by atoms with Crippen LogP contribution < -0.4 is 9.83 Å². The first-order valence-electron chi connectivity index (χ1n) is 5.34. The Morgan fingerprint density at radius 3 is 2.44 bits per heavy atom. The van der Waals surface area contributed by atoms with E-state index < -0.39 is 13.4 Å². The Kier molecular flexibility index (Phi) is 3.50. The van der Waals surface area contributed by atoms with E-state index in [-0.39, 0.29) is 11.1 Å². The van der Waals surface area contributed by atoms with Gasteiger partial charge in [0.15, 0.2) is 11.6 Å². The van der Waals surface area contributed by atoms with Crippen LogP contribution in [0.5, 0.6) is 5.75 Å². The fourth-order valence-electron chi connectivity index (χ4n) is 1.49. The predicted molar refractivity (Wildman–Crippen MR) is 67.7 cm³/mol. The van der Waals surface area contributed by atoms with Crippen molar-refractivity contribution in [3.63, 3.8) is 0 Å². The first-order valence-corrected chi connectivity index (χ1v) is 6.91. The molecule has 18 heavy (non-hydrogen) atoms. The topological polar surface area (TPSA) is 46.5 Å². The van der Waals surface area contributed by atoms with E-state index in [1.165, 1.54) is 18.2 Å². The first-order chi connectivity index (χ1) is 8.50. The lowest BCUT2D eigenvalue weighted by Gasteiger charge is -2.14. The molecule has 0 aromatic heterocycles. The highest BCUT2D eigenvalue weighted by atomic mass is 31.2. The van der Waals surface area contributed by atoms with Crippen LogP contribution in [0.3, 0.4) is 0 Å². The highest BCUT2D eigenvalue weighted by Crippen LogP contribution is 2.42. The van der Waals surface area contributed by atoms with Gasteiger partial charge < -0.3 is 9.42 Å². The van der Waals surface area contributed by atoms with Gasteiger partial charge in [-0.25, -0.2) is 8.96 Å². The number of aryl methyl sites for hydroxylation is 1. The first kappa shape index (κ1) is 12.8. The van der Waals surface area contributed by atoms with Gasteiger partial charge >= 0.3 is 7.60 Å². The molecule has 0 saturated heterocycles. The van der Waals surface area contributed by atoms with Crippen molar-refractivity contribution in [1.82, 2.24) is 0 Å². The fourth-order valence-corrected chi connectivity index (χ4v) is 2.56. The Labute approximate surface area is 104 Å². The maximum Gasteiger partial charge on any atom is 0.408 e. The van der Waals surface area contributed by atoms with E-state index in [1.54, 1.807) is 37.3 Å². The van der Waals surface area contributed by atoms with Crippen LogP contribution in [0.2, 0.25) is 0 Å². The van der Waals surface area contributed by atoms with Crippen molar-refractivity contribution in [1.29, 1.82) is 0 Å². The van der Waals surface area contributed by atoms with Crippen molar-refractivity contribution in [3.05, 3.63) is 59.9 Å². The molecule has 1 unspecified atom stereocenters. The summed E-state index contributed by atoms with van der Waals surface area (Å²) in [5.41, 5.74) is 0.362. The van der Waals surface area contributed by atoms with Crippen LogP contribution in [0.1, 0.15) is 5.56 Å². The number of rotatable bonds is 3. The van der Waals surface area contributed by atoms with E-state index >= 15 is 0 Å². The molecule has 0 aliphatic heterocycles. The molecule has 0 saturated carbocycles. The second-order valence-electron chi connectivity index (χ2n) is 3.83. The van der Waals surface area contributed by atoms with Gasteiger partial charge in [0.1, 0.15) is 0 Å². The zero-order valence-electron chi connectivity index (χ0n) is 9.71. The standard InChI is InChI=1S/C13H12FO3P/c1-10-6-5-9-12(13(10)14)17-18(15,16)11-7-3-2-4-8-11/h2-9H,1H3,(H,15,16). The summed E-state index contributed by atoms with van der Waals surface area (Å²) in [6, 6.07) is 12.3. The lowest BCUT2D eigenvalue weighted by Crippen LogP contribution is -2.09. The van der Waals surface area contributed by atoms with E-state index in [1.807, 2.05) is 0 Å². The predicted octanol–water partition coefficient (Wildman–Crippen LogP) is 3.02. The van der Waals surface area contributed by atoms with Crippen molar-refractivity contribution >= 4 is 12.9 Å². The third kappa shape index (κ3) is 2.61. The highest BCUT2D eigenvalue weighted by molar-refractivity contribution is 7.61. The van der Waals surface area contributed by atoms with Crippen LogP contribution in [0, 0.1) is 12.7 Å². The molecule has 0 fully saturated rings. The second-order valence-corrected chi connectivity index (χ2v) is 5.57. The van der Waals surface area contributed by atoms with Gasteiger partial charge in [-0.05, 0) is 30.7 Å². The molecule has 0 heterocycles. The van der Waals surface area contributed by atoms with E-state index in [0.29, 0.717) is 5.56 Å². The Hall–Kier alpha value is -1.64. The van der Waals surface area contributed by atoms with Crippen LogP contribution in [0.4, 0.5) is 4.39 Å². The van der Waals surface area contributed by atoms with Gasteiger partial charge in [-0.3, -0.25) is 0 Å². The molecule has 2 aromatic rings. The molecule has 0 radical (unpaired) electrons. The molecule has 2 aromatic carbocycles. The van der Waals surface area contributed by atoms with Crippen LogP contribution in [0.25, 0.3) is 0 Å². The summed E-state index contributed by atoms with van der Waals surface area (Å²) in [6.45, 7) is 1.56. The van der Waals surface area contributed by atoms with Crippen LogP contribution in [-0.2, 0) is 4.57 Å². The minimum atomic E-state index is -4.05. The normalized spacial score (nSPS) is 13.9. The Balaban J connectivity index is 2.34. The monoisotopic (exact) mass is 266 g/mol. The van der Waals surface area contributed by atoms with Gasteiger partial charge in [0, 0.05) is 0 Å². The average Bonchev–Trinajstić information content (AvgIpc) is 2.36. The van der Waals surface area contributed by atoms with Crippen LogP contribution in [0.15, 0.2) is 48.5 Å². The lowest BCUT2D eigenvalue weighted by atomic mass is 10.2. The molecule has 0 spiro atoms.